The normalized spacial score (nSPS) is 15.9. The molecule has 0 N–H and O–H groups in total. The Labute approximate surface area is 210 Å². The lowest BCUT2D eigenvalue weighted by atomic mass is 10.00. The molecule has 0 aliphatic heterocycles. The number of benzene rings is 2. The number of halogens is 3. The first-order chi connectivity index (χ1) is 16.4. The Balaban J connectivity index is 1.81. The van der Waals surface area contributed by atoms with Gasteiger partial charge in [-0.05, 0) is 61.9 Å². The molecule has 0 saturated carbocycles. The van der Waals surface area contributed by atoms with Crippen molar-refractivity contribution in [1.29, 1.82) is 0 Å². The first-order valence-electron chi connectivity index (χ1n) is 10.5. The zero-order valence-electron chi connectivity index (χ0n) is 18.3. The summed E-state index contributed by atoms with van der Waals surface area (Å²) in [5.41, 5.74) is 2.70. The molecule has 4 aromatic rings. The van der Waals surface area contributed by atoms with Gasteiger partial charge in [0.1, 0.15) is 5.76 Å². The van der Waals surface area contributed by atoms with Crippen molar-refractivity contribution in [3.63, 3.8) is 0 Å². The van der Waals surface area contributed by atoms with E-state index in [9.17, 15) is 4.79 Å². The number of ether oxygens (including phenoxy) is 1. The van der Waals surface area contributed by atoms with Crippen LogP contribution in [0.1, 0.15) is 19.4 Å². The minimum absolute atomic E-state index is 0.174. The van der Waals surface area contributed by atoms with Crippen molar-refractivity contribution in [2.75, 3.05) is 7.11 Å². The maximum Gasteiger partial charge on any atom is 0.286 e. The third-order valence-electron chi connectivity index (χ3n) is 5.80. The van der Waals surface area contributed by atoms with Crippen LogP contribution in [0.25, 0.3) is 28.2 Å². The van der Waals surface area contributed by atoms with Crippen molar-refractivity contribution < 1.29 is 4.74 Å². The number of fused-ring (bicyclic) bond motifs is 1. The Bertz CT molecular complexity index is 1530. The molecule has 172 valence electrons. The van der Waals surface area contributed by atoms with Gasteiger partial charge in [0.2, 0.25) is 0 Å². The predicted octanol–water partition coefficient (Wildman–Crippen LogP) is 6.63. The lowest BCUT2D eigenvalue weighted by Crippen LogP contribution is -2.23. The van der Waals surface area contributed by atoms with Gasteiger partial charge in [-0.1, -0.05) is 46.5 Å². The van der Waals surface area contributed by atoms with Gasteiger partial charge in [-0.2, -0.15) is 0 Å². The summed E-state index contributed by atoms with van der Waals surface area (Å²) in [7, 11) is 1.63. The number of nitrogens with zero attached hydrogens (tertiary/aromatic N) is 4. The summed E-state index contributed by atoms with van der Waals surface area (Å²) in [4.78, 5) is 23.2. The van der Waals surface area contributed by atoms with Crippen LogP contribution in [0, 0.1) is 0 Å². The molecular weight excluding hydrogens is 495 g/mol. The minimum atomic E-state index is -0.321. The Morgan fingerprint density at radius 3 is 2.47 bits per heavy atom. The van der Waals surface area contributed by atoms with Crippen LogP contribution in [-0.2, 0) is 4.74 Å². The average molecular weight is 514 g/mol. The van der Waals surface area contributed by atoms with Gasteiger partial charge >= 0.3 is 0 Å². The van der Waals surface area contributed by atoms with E-state index < -0.39 is 0 Å². The number of allylic oxidation sites excluding steroid dienone is 4. The van der Waals surface area contributed by atoms with Gasteiger partial charge in [-0.25, -0.2) is 9.97 Å². The monoisotopic (exact) mass is 512 g/mol. The van der Waals surface area contributed by atoms with E-state index in [0.717, 1.165) is 5.76 Å². The highest BCUT2D eigenvalue weighted by Gasteiger charge is 2.26. The Hall–Kier alpha value is -3.06. The van der Waals surface area contributed by atoms with Gasteiger partial charge < -0.3 is 9.30 Å². The van der Waals surface area contributed by atoms with Crippen LogP contribution in [0.5, 0.6) is 0 Å². The Morgan fingerprint density at radius 1 is 1.03 bits per heavy atom. The molecule has 0 amide bonds. The summed E-state index contributed by atoms with van der Waals surface area (Å²) < 4.78 is 8.98. The van der Waals surface area contributed by atoms with Gasteiger partial charge in [0.05, 0.1) is 30.2 Å². The standard InChI is InChI=1S/C25H19Cl3N4O2/c1-14-3-10-21(34-2)20(11-14)31-13-29-22-24(31)30-23(18-9-6-16(27)12-19(18)28)32(25(22)33)17-7-4-15(26)5-8-17/h3-10,12-13,20H,11H2,1-2H3. The summed E-state index contributed by atoms with van der Waals surface area (Å²) in [6.07, 6.45) is 6.30. The number of aromatic nitrogens is 4. The number of hydrogen-bond donors (Lipinski definition) is 0. The van der Waals surface area contributed by atoms with Crippen LogP contribution in [-0.4, -0.2) is 26.2 Å². The highest BCUT2D eigenvalue weighted by Crippen LogP contribution is 2.34. The Morgan fingerprint density at radius 2 is 1.76 bits per heavy atom. The largest absolute Gasteiger partial charge is 0.499 e. The molecule has 5 rings (SSSR count). The molecule has 1 aliphatic rings. The highest BCUT2D eigenvalue weighted by atomic mass is 35.5. The van der Waals surface area contributed by atoms with Crippen molar-refractivity contribution in [2.45, 2.75) is 19.4 Å². The number of hydrogen-bond acceptors (Lipinski definition) is 4. The van der Waals surface area contributed by atoms with Gasteiger partial charge in [-0.3, -0.25) is 9.36 Å². The molecule has 2 aromatic carbocycles. The van der Waals surface area contributed by atoms with Crippen molar-refractivity contribution in [3.8, 4) is 17.1 Å². The van der Waals surface area contributed by atoms with Crippen LogP contribution in [0.4, 0.5) is 0 Å². The summed E-state index contributed by atoms with van der Waals surface area (Å²) in [5, 5.41) is 1.42. The van der Waals surface area contributed by atoms with Crippen LogP contribution in [0.2, 0.25) is 15.1 Å². The molecule has 0 saturated heterocycles. The zero-order chi connectivity index (χ0) is 24.0. The molecule has 0 radical (unpaired) electrons. The summed E-state index contributed by atoms with van der Waals surface area (Å²) in [6.45, 7) is 2.05. The molecule has 1 aliphatic carbocycles. The van der Waals surface area contributed by atoms with E-state index in [4.69, 9.17) is 44.5 Å². The molecule has 9 heteroatoms. The summed E-state index contributed by atoms with van der Waals surface area (Å²) in [5.74, 6) is 1.13. The molecule has 0 bridgehead atoms. The fourth-order valence-electron chi connectivity index (χ4n) is 4.13. The van der Waals surface area contributed by atoms with Crippen molar-refractivity contribution in [1.82, 2.24) is 19.1 Å². The summed E-state index contributed by atoms with van der Waals surface area (Å²) in [6, 6.07) is 11.8. The maximum atomic E-state index is 13.8. The molecule has 2 heterocycles. The fraction of sp³-hybridized carbons (Fsp3) is 0.160. The number of methoxy groups -OCH3 is 1. The van der Waals surface area contributed by atoms with Crippen molar-refractivity contribution >= 4 is 46.0 Å². The molecule has 1 unspecified atom stereocenters. The van der Waals surface area contributed by atoms with Gasteiger partial charge in [0, 0.05) is 15.6 Å². The van der Waals surface area contributed by atoms with Gasteiger partial charge in [-0.15, -0.1) is 0 Å². The second-order valence-corrected chi connectivity index (χ2v) is 9.29. The van der Waals surface area contributed by atoms with E-state index in [1.165, 1.54) is 10.1 Å². The molecule has 34 heavy (non-hydrogen) atoms. The highest BCUT2D eigenvalue weighted by molar-refractivity contribution is 6.36. The topological polar surface area (TPSA) is 61.9 Å². The third-order valence-corrected chi connectivity index (χ3v) is 6.60. The second kappa shape index (κ2) is 8.95. The molecule has 1 atom stereocenters. The lowest BCUT2D eigenvalue weighted by molar-refractivity contribution is 0.239. The van der Waals surface area contributed by atoms with Gasteiger partial charge in [0.25, 0.3) is 5.56 Å². The third kappa shape index (κ3) is 3.92. The minimum Gasteiger partial charge on any atom is -0.499 e. The summed E-state index contributed by atoms with van der Waals surface area (Å²) >= 11 is 18.8. The van der Waals surface area contributed by atoms with E-state index in [1.807, 2.05) is 16.7 Å². The van der Waals surface area contributed by atoms with Gasteiger partial charge in [0.15, 0.2) is 17.0 Å². The van der Waals surface area contributed by atoms with Crippen LogP contribution < -0.4 is 5.56 Å². The first kappa shape index (κ1) is 22.7. The smallest absolute Gasteiger partial charge is 0.286 e. The number of imidazole rings is 1. The molecule has 0 spiro atoms. The van der Waals surface area contributed by atoms with Crippen molar-refractivity contribution in [2.24, 2.45) is 0 Å². The Kier molecular flexibility index (Phi) is 5.98. The van der Waals surface area contributed by atoms with E-state index in [-0.39, 0.29) is 17.1 Å². The zero-order valence-corrected chi connectivity index (χ0v) is 20.6. The quantitative estimate of drug-likeness (QED) is 0.307. The van der Waals surface area contributed by atoms with E-state index in [0.29, 0.717) is 44.2 Å². The van der Waals surface area contributed by atoms with Crippen LogP contribution in [0.15, 0.2) is 77.1 Å². The molecule has 6 nitrogen and oxygen atoms in total. The van der Waals surface area contributed by atoms with E-state index >= 15 is 0 Å². The van der Waals surface area contributed by atoms with E-state index in [2.05, 4.69) is 11.9 Å². The maximum absolute atomic E-state index is 13.8. The lowest BCUT2D eigenvalue weighted by Gasteiger charge is -2.24. The predicted molar refractivity (Wildman–Crippen MR) is 136 cm³/mol. The van der Waals surface area contributed by atoms with Crippen LogP contribution >= 0.6 is 34.8 Å². The molecule has 0 fully saturated rings. The van der Waals surface area contributed by atoms with Crippen molar-refractivity contribution in [3.05, 3.63) is 97.7 Å². The van der Waals surface area contributed by atoms with E-state index in [1.54, 1.807) is 55.9 Å². The number of rotatable bonds is 4. The molecule has 2 aromatic heterocycles. The first-order valence-corrected chi connectivity index (χ1v) is 11.6. The average Bonchev–Trinajstić information content (AvgIpc) is 3.24. The fourth-order valence-corrected chi connectivity index (χ4v) is 4.75. The second-order valence-electron chi connectivity index (χ2n) is 8.01. The SMILES string of the molecule is COC1=CC=C(C)CC1n1cnc2c(=O)n(-c3ccc(Cl)cc3)c(-c3ccc(Cl)cc3Cl)nc21. The molecular formula is C25H19Cl3N4O2. The van der Waals surface area contributed by atoms with Crippen LogP contribution in [0.3, 0.4) is 0 Å².